The van der Waals surface area contributed by atoms with Crippen LogP contribution in [0.1, 0.15) is 13.8 Å². The third kappa shape index (κ3) is 9.28. The van der Waals surface area contributed by atoms with Crippen LogP contribution in [0.3, 0.4) is 0 Å². The Labute approximate surface area is 121 Å². The molecule has 0 atom stereocenters. The second-order valence-electron chi connectivity index (χ2n) is 3.78. The fourth-order valence-corrected chi connectivity index (χ4v) is 1.14. The lowest BCUT2D eigenvalue weighted by Crippen LogP contribution is -2.35. The van der Waals surface area contributed by atoms with Crippen LogP contribution in [0.4, 0.5) is 5.69 Å². The maximum absolute atomic E-state index is 10.6. The Balaban J connectivity index is 0.000000361. The van der Waals surface area contributed by atoms with Crippen LogP contribution >= 0.6 is 12.6 Å². The zero-order valence-electron chi connectivity index (χ0n) is 11.1. The molecule has 1 aromatic rings. The highest BCUT2D eigenvalue weighted by Crippen LogP contribution is 2.13. The van der Waals surface area contributed by atoms with Crippen molar-refractivity contribution in [2.24, 2.45) is 0 Å². The summed E-state index contributed by atoms with van der Waals surface area (Å²) in [5.74, 6) is -0.406. The second kappa shape index (κ2) is 10.1. The standard InChI is InChI=1S/C6H5NO2S.C5H12N2O3/c8-7(9)5-1-3-6(10)4-2-5;1-4(2)10-5(8)3-6-7-9/h1-4,10H;4,6-7,9H,3H2,1-2H3. The molecule has 0 radical (unpaired) electrons. The molecule has 9 heteroatoms. The number of nitrogens with zero attached hydrogens (tertiary/aromatic N) is 1. The van der Waals surface area contributed by atoms with Crippen LogP contribution in [-0.4, -0.2) is 28.7 Å². The summed E-state index contributed by atoms with van der Waals surface area (Å²) < 4.78 is 4.70. The topological polar surface area (TPSA) is 114 Å². The van der Waals surface area contributed by atoms with E-state index in [9.17, 15) is 14.9 Å². The van der Waals surface area contributed by atoms with Crippen LogP contribution in [0, 0.1) is 10.1 Å². The van der Waals surface area contributed by atoms with Gasteiger partial charge in [0.05, 0.1) is 11.0 Å². The van der Waals surface area contributed by atoms with E-state index in [4.69, 9.17) is 9.94 Å². The van der Waals surface area contributed by atoms with Crippen molar-refractivity contribution >= 4 is 24.3 Å². The predicted octanol–water partition coefficient (Wildman–Crippen LogP) is 1.30. The van der Waals surface area contributed by atoms with Crippen LogP contribution in [0.25, 0.3) is 0 Å². The Kier molecular flexibility index (Phi) is 9.30. The fraction of sp³-hybridized carbons (Fsp3) is 0.364. The Morgan fingerprint density at radius 3 is 2.40 bits per heavy atom. The summed E-state index contributed by atoms with van der Waals surface area (Å²) in [5.41, 5.74) is 3.90. The number of carbonyl (C=O) groups excluding carboxylic acids is 1. The summed E-state index contributed by atoms with van der Waals surface area (Å²) in [6, 6.07) is 6.01. The zero-order chi connectivity index (χ0) is 15.5. The van der Waals surface area contributed by atoms with Gasteiger partial charge in [-0.05, 0) is 26.0 Å². The molecule has 112 valence electrons. The number of nitro benzene ring substituents is 1. The van der Waals surface area contributed by atoms with Crippen molar-refractivity contribution in [2.45, 2.75) is 24.8 Å². The first-order valence-electron chi connectivity index (χ1n) is 5.61. The average molecular weight is 303 g/mol. The molecule has 1 rings (SSSR count). The quantitative estimate of drug-likeness (QED) is 0.280. The number of thiol groups is 1. The number of nitrogens with one attached hydrogen (secondary N) is 2. The number of rotatable bonds is 5. The number of nitro groups is 1. The normalized spacial score (nSPS) is 9.65. The van der Waals surface area contributed by atoms with Crippen molar-refractivity contribution in [1.82, 2.24) is 11.0 Å². The van der Waals surface area contributed by atoms with Gasteiger partial charge in [-0.1, -0.05) is 0 Å². The van der Waals surface area contributed by atoms with Crippen molar-refractivity contribution in [3.63, 3.8) is 0 Å². The Bertz CT molecular complexity index is 425. The summed E-state index contributed by atoms with van der Waals surface area (Å²) in [7, 11) is 0. The molecule has 0 fully saturated rings. The lowest BCUT2D eigenvalue weighted by atomic mass is 10.3. The molecular formula is C11H17N3O5S. The van der Waals surface area contributed by atoms with Crippen LogP contribution in [0.5, 0.6) is 0 Å². The van der Waals surface area contributed by atoms with Crippen LogP contribution in [-0.2, 0) is 9.53 Å². The lowest BCUT2D eigenvalue weighted by molar-refractivity contribution is -0.384. The molecule has 0 aliphatic carbocycles. The molecule has 0 amide bonds. The first-order chi connectivity index (χ1) is 9.36. The molecule has 3 N–H and O–H groups in total. The number of esters is 1. The molecule has 0 aromatic heterocycles. The van der Waals surface area contributed by atoms with E-state index in [1.165, 1.54) is 12.1 Å². The summed E-state index contributed by atoms with van der Waals surface area (Å²) >= 11 is 3.98. The Morgan fingerprint density at radius 2 is 2.00 bits per heavy atom. The largest absolute Gasteiger partial charge is 0.462 e. The van der Waals surface area contributed by atoms with E-state index >= 15 is 0 Å². The number of non-ortho nitro benzene ring substituents is 1. The molecule has 1 aromatic carbocycles. The highest BCUT2D eigenvalue weighted by molar-refractivity contribution is 7.80. The van der Waals surface area contributed by atoms with Gasteiger partial charge in [0.25, 0.3) is 5.69 Å². The third-order valence-corrected chi connectivity index (χ3v) is 2.04. The Morgan fingerprint density at radius 1 is 1.45 bits per heavy atom. The van der Waals surface area contributed by atoms with Crippen LogP contribution < -0.4 is 11.0 Å². The molecule has 20 heavy (non-hydrogen) atoms. The maximum atomic E-state index is 10.6. The van der Waals surface area contributed by atoms with E-state index in [1.807, 2.05) is 0 Å². The minimum atomic E-state index is -0.437. The van der Waals surface area contributed by atoms with Gasteiger partial charge in [0, 0.05) is 17.0 Å². The molecular weight excluding hydrogens is 286 g/mol. The SMILES string of the molecule is CC(C)OC(=O)CNNO.O=[N+]([O-])c1ccc(S)cc1. The van der Waals surface area contributed by atoms with E-state index in [0.29, 0.717) is 0 Å². The van der Waals surface area contributed by atoms with Crippen molar-refractivity contribution in [2.75, 3.05) is 6.54 Å². The molecule has 0 saturated carbocycles. The van der Waals surface area contributed by atoms with Gasteiger partial charge >= 0.3 is 5.97 Å². The molecule has 0 unspecified atom stereocenters. The van der Waals surface area contributed by atoms with Gasteiger partial charge in [-0.2, -0.15) is 0 Å². The summed E-state index contributed by atoms with van der Waals surface area (Å²) in [6.45, 7) is 3.46. The van der Waals surface area contributed by atoms with E-state index in [-0.39, 0.29) is 18.3 Å². The number of hydrazine groups is 1. The van der Waals surface area contributed by atoms with E-state index in [1.54, 1.807) is 31.6 Å². The number of ether oxygens (including phenoxy) is 1. The van der Waals surface area contributed by atoms with Crippen LogP contribution in [0.2, 0.25) is 0 Å². The number of hydrogen-bond donors (Lipinski definition) is 4. The third-order valence-electron chi connectivity index (χ3n) is 1.74. The molecule has 0 heterocycles. The molecule has 0 spiro atoms. The van der Waals surface area contributed by atoms with Gasteiger partial charge in [-0.25, -0.2) is 5.43 Å². The highest BCUT2D eigenvalue weighted by atomic mass is 32.1. The van der Waals surface area contributed by atoms with E-state index < -0.39 is 10.9 Å². The van der Waals surface area contributed by atoms with Gasteiger partial charge in [0.15, 0.2) is 0 Å². The number of benzene rings is 1. The average Bonchev–Trinajstić information content (AvgIpc) is 2.37. The van der Waals surface area contributed by atoms with Crippen molar-refractivity contribution in [3.05, 3.63) is 34.4 Å². The molecule has 0 bridgehead atoms. The van der Waals surface area contributed by atoms with Gasteiger partial charge in [-0.15, -0.1) is 18.2 Å². The number of carbonyl (C=O) groups is 1. The Hall–Kier alpha value is -1.68. The minimum Gasteiger partial charge on any atom is -0.462 e. The summed E-state index contributed by atoms with van der Waals surface area (Å²) in [5, 5.41) is 18.1. The van der Waals surface area contributed by atoms with Gasteiger partial charge in [-0.3, -0.25) is 14.9 Å². The van der Waals surface area contributed by atoms with E-state index in [2.05, 4.69) is 18.1 Å². The molecule has 8 nitrogen and oxygen atoms in total. The van der Waals surface area contributed by atoms with Crippen molar-refractivity contribution < 1.29 is 19.7 Å². The predicted molar refractivity (Wildman–Crippen MR) is 74.5 cm³/mol. The molecule has 0 aliphatic heterocycles. The first-order valence-corrected chi connectivity index (χ1v) is 6.06. The molecule has 0 saturated heterocycles. The number of hydrogen-bond acceptors (Lipinski definition) is 8. The van der Waals surface area contributed by atoms with Crippen LogP contribution in [0.15, 0.2) is 29.2 Å². The maximum Gasteiger partial charge on any atom is 0.321 e. The fourth-order valence-electron chi connectivity index (χ4n) is 0.991. The van der Waals surface area contributed by atoms with Gasteiger partial charge in [0.1, 0.15) is 6.54 Å². The smallest absolute Gasteiger partial charge is 0.321 e. The summed E-state index contributed by atoms with van der Waals surface area (Å²) in [6.07, 6.45) is -0.118. The lowest BCUT2D eigenvalue weighted by Gasteiger charge is -2.06. The van der Waals surface area contributed by atoms with Gasteiger partial charge < -0.3 is 9.94 Å². The van der Waals surface area contributed by atoms with Crippen molar-refractivity contribution in [3.8, 4) is 0 Å². The highest BCUT2D eigenvalue weighted by Gasteiger charge is 2.02. The summed E-state index contributed by atoms with van der Waals surface area (Å²) in [4.78, 5) is 21.0. The first kappa shape index (κ1) is 18.3. The minimum absolute atomic E-state index is 0.0469. The monoisotopic (exact) mass is 303 g/mol. The van der Waals surface area contributed by atoms with Gasteiger partial charge in [0.2, 0.25) is 0 Å². The van der Waals surface area contributed by atoms with E-state index in [0.717, 1.165) is 4.90 Å². The van der Waals surface area contributed by atoms with Crippen molar-refractivity contribution in [1.29, 1.82) is 0 Å². The zero-order valence-corrected chi connectivity index (χ0v) is 12.0. The molecule has 0 aliphatic rings. The second-order valence-corrected chi connectivity index (χ2v) is 4.29.